The van der Waals surface area contributed by atoms with Crippen molar-refractivity contribution in [3.8, 4) is 17.1 Å². The Morgan fingerprint density at radius 3 is 2.73 bits per heavy atom. The Morgan fingerprint density at radius 2 is 2.00 bits per heavy atom. The summed E-state index contributed by atoms with van der Waals surface area (Å²) >= 11 is 6.87. The van der Waals surface area contributed by atoms with Gasteiger partial charge in [0.1, 0.15) is 11.3 Å². The van der Waals surface area contributed by atoms with Crippen molar-refractivity contribution >= 4 is 45.1 Å². The number of aromatic nitrogens is 4. The maximum absolute atomic E-state index is 16.8. The predicted octanol–water partition coefficient (Wildman–Crippen LogP) is 6.00. The molecular formula is C32H35ClF3N7O2. The van der Waals surface area contributed by atoms with Gasteiger partial charge in [-0.2, -0.15) is 15.1 Å². The van der Waals surface area contributed by atoms with E-state index < -0.39 is 11.7 Å². The second-order valence-electron chi connectivity index (χ2n) is 12.0. The Balaban J connectivity index is 1.40. The molecular weight excluding hydrogens is 607 g/mol. The molecule has 238 valence electrons. The highest BCUT2D eigenvalue weighted by Gasteiger charge is 2.38. The molecule has 0 radical (unpaired) electrons. The van der Waals surface area contributed by atoms with E-state index in [1.807, 2.05) is 37.8 Å². The summed E-state index contributed by atoms with van der Waals surface area (Å²) in [4.78, 5) is 27.2. The average molecular weight is 642 g/mol. The summed E-state index contributed by atoms with van der Waals surface area (Å²) in [5.74, 6) is -3.02. The zero-order chi connectivity index (χ0) is 32.0. The third-order valence-corrected chi connectivity index (χ3v) is 9.04. The number of ether oxygens (including phenoxy) is 1. The molecule has 13 heteroatoms. The molecule has 0 spiro atoms. The molecule has 0 bridgehead atoms. The van der Waals surface area contributed by atoms with E-state index in [4.69, 9.17) is 21.3 Å². The van der Waals surface area contributed by atoms with Crippen LogP contribution in [-0.2, 0) is 4.79 Å². The molecule has 2 fully saturated rings. The monoisotopic (exact) mass is 641 g/mol. The lowest BCUT2D eigenvalue weighted by Gasteiger charge is -2.44. The number of nitrogens with zero attached hydrogens (tertiary/aromatic N) is 6. The number of aryl methyl sites for hydroxylation is 1. The van der Waals surface area contributed by atoms with Gasteiger partial charge in [-0.1, -0.05) is 24.2 Å². The first kappa shape index (κ1) is 31.1. The van der Waals surface area contributed by atoms with Gasteiger partial charge < -0.3 is 14.5 Å². The van der Waals surface area contributed by atoms with E-state index in [1.54, 1.807) is 22.1 Å². The first-order valence-corrected chi connectivity index (χ1v) is 15.4. The lowest BCUT2D eigenvalue weighted by Crippen LogP contribution is -2.58. The molecule has 1 amide bonds. The number of halogens is 4. The van der Waals surface area contributed by atoms with E-state index in [0.29, 0.717) is 49.4 Å². The number of rotatable bonds is 8. The number of piperazine rings is 1. The number of aromatic amines is 1. The van der Waals surface area contributed by atoms with E-state index in [2.05, 4.69) is 21.8 Å². The van der Waals surface area contributed by atoms with Crippen LogP contribution in [0, 0.1) is 12.7 Å². The van der Waals surface area contributed by atoms with E-state index >= 15 is 4.39 Å². The minimum Gasteiger partial charge on any atom is -0.463 e. The molecule has 1 N–H and O–H groups in total. The van der Waals surface area contributed by atoms with Gasteiger partial charge >= 0.3 is 6.01 Å². The molecule has 2 saturated heterocycles. The molecule has 4 heterocycles. The number of H-pyrrole nitrogens is 1. The number of hydrogen-bond donors (Lipinski definition) is 1. The lowest BCUT2D eigenvalue weighted by atomic mass is 9.95. The van der Waals surface area contributed by atoms with E-state index in [1.165, 1.54) is 6.08 Å². The normalized spacial score (nSPS) is 20.3. The molecule has 4 aromatic rings. The fraction of sp³-hybridized carbons (Fsp3) is 0.438. The highest BCUT2D eigenvalue weighted by Crippen LogP contribution is 2.42. The predicted molar refractivity (Wildman–Crippen MR) is 169 cm³/mol. The van der Waals surface area contributed by atoms with Gasteiger partial charge in [0, 0.05) is 66.6 Å². The second-order valence-corrected chi connectivity index (χ2v) is 12.4. The molecule has 6 rings (SSSR count). The first-order chi connectivity index (χ1) is 21.5. The minimum absolute atomic E-state index is 0.0286. The third-order valence-electron chi connectivity index (χ3n) is 8.74. The number of anilines is 1. The second kappa shape index (κ2) is 12.1. The summed E-state index contributed by atoms with van der Waals surface area (Å²) in [6.45, 7) is 10.9. The largest absolute Gasteiger partial charge is 0.463 e. The number of alkyl halides is 2. The maximum atomic E-state index is 16.8. The quantitative estimate of drug-likeness (QED) is 0.187. The Labute approximate surface area is 264 Å². The summed E-state index contributed by atoms with van der Waals surface area (Å²) in [5.41, 5.74) is 2.39. The summed E-state index contributed by atoms with van der Waals surface area (Å²) in [6, 6.07) is 5.04. The molecule has 0 saturated carbocycles. The number of benzene rings is 2. The molecule has 2 aromatic carbocycles. The van der Waals surface area contributed by atoms with Crippen molar-refractivity contribution < 1.29 is 22.7 Å². The van der Waals surface area contributed by atoms with Crippen molar-refractivity contribution in [2.45, 2.75) is 51.6 Å². The first-order valence-electron chi connectivity index (χ1n) is 15.0. The van der Waals surface area contributed by atoms with Crippen molar-refractivity contribution in [1.82, 2.24) is 30.0 Å². The standard InChI is InChI=1S/C32H35ClF3N7O2/c1-5-25(44)42-15-20(4)43(16-19(42)3)30-21-13-23(33)27(26-18(2)7-8-24-22(26)14-37-40-24)28(34)29(21)38-31(39-30)45-12-6-10-41-11-9-32(35,36)17-41/h5,7-8,13-14,19-20H,1,6,9-12,15-17H2,2-4H3,(H,37,40)/t19-,20+/m1/s1. The van der Waals surface area contributed by atoms with Crippen molar-refractivity contribution in [1.29, 1.82) is 0 Å². The Bertz CT molecular complexity index is 1780. The van der Waals surface area contributed by atoms with Crippen LogP contribution in [0.5, 0.6) is 6.01 Å². The SMILES string of the molecule is C=CC(=O)N1C[C@H](C)N(c2nc(OCCCN3CCC(F)(F)C3)nc3c(F)c(-c4c(C)ccc5[nH]ncc45)c(Cl)cc23)C[C@H]1C. The summed E-state index contributed by atoms with van der Waals surface area (Å²) in [7, 11) is 0. The zero-order valence-corrected chi connectivity index (χ0v) is 26.2. The average Bonchev–Trinajstić information content (AvgIpc) is 3.62. The van der Waals surface area contributed by atoms with Crippen LogP contribution in [0.3, 0.4) is 0 Å². The van der Waals surface area contributed by atoms with Crippen LogP contribution in [0.25, 0.3) is 32.9 Å². The number of nitrogens with one attached hydrogen (secondary N) is 1. The minimum atomic E-state index is -2.67. The van der Waals surface area contributed by atoms with Crippen molar-refractivity contribution in [2.75, 3.05) is 44.2 Å². The van der Waals surface area contributed by atoms with Crippen LogP contribution in [0.15, 0.2) is 37.1 Å². The van der Waals surface area contributed by atoms with Crippen molar-refractivity contribution in [3.05, 3.63) is 53.5 Å². The van der Waals surface area contributed by atoms with Crippen molar-refractivity contribution in [3.63, 3.8) is 0 Å². The van der Waals surface area contributed by atoms with Gasteiger partial charge in [-0.3, -0.25) is 14.8 Å². The van der Waals surface area contributed by atoms with Gasteiger partial charge in [0.15, 0.2) is 5.82 Å². The summed E-state index contributed by atoms with van der Waals surface area (Å²) in [5, 5.41) is 8.39. The molecule has 2 aromatic heterocycles. The lowest BCUT2D eigenvalue weighted by molar-refractivity contribution is -0.128. The number of likely N-dealkylation sites (tertiary alicyclic amines) is 1. The van der Waals surface area contributed by atoms with Gasteiger partial charge in [-0.15, -0.1) is 0 Å². The summed E-state index contributed by atoms with van der Waals surface area (Å²) in [6.07, 6.45) is 3.26. The Morgan fingerprint density at radius 1 is 1.20 bits per heavy atom. The molecule has 2 aliphatic rings. The molecule has 45 heavy (non-hydrogen) atoms. The van der Waals surface area contributed by atoms with Gasteiger partial charge in [-0.25, -0.2) is 13.2 Å². The number of amides is 1. The fourth-order valence-corrected chi connectivity index (χ4v) is 6.71. The Hall–Kier alpha value is -3.90. The van der Waals surface area contributed by atoms with Crippen LogP contribution in [-0.4, -0.2) is 93.2 Å². The topological polar surface area (TPSA) is 90.5 Å². The van der Waals surface area contributed by atoms with Gasteiger partial charge in [0.25, 0.3) is 5.92 Å². The van der Waals surface area contributed by atoms with Crippen LogP contribution < -0.4 is 9.64 Å². The molecule has 2 aliphatic heterocycles. The van der Waals surface area contributed by atoms with Crippen LogP contribution >= 0.6 is 11.6 Å². The van der Waals surface area contributed by atoms with E-state index in [-0.39, 0.29) is 59.7 Å². The van der Waals surface area contributed by atoms with Crippen molar-refractivity contribution in [2.24, 2.45) is 0 Å². The third kappa shape index (κ3) is 5.93. The maximum Gasteiger partial charge on any atom is 0.319 e. The highest BCUT2D eigenvalue weighted by atomic mass is 35.5. The number of carbonyl (C=O) groups is 1. The number of hydrogen-bond acceptors (Lipinski definition) is 7. The molecule has 2 atom stereocenters. The van der Waals surface area contributed by atoms with Crippen LogP contribution in [0.1, 0.15) is 32.3 Å². The number of fused-ring (bicyclic) bond motifs is 2. The summed E-state index contributed by atoms with van der Waals surface area (Å²) < 4.78 is 50.0. The van der Waals surface area contributed by atoms with E-state index in [9.17, 15) is 13.6 Å². The van der Waals surface area contributed by atoms with Gasteiger partial charge in [-0.05, 0) is 51.0 Å². The van der Waals surface area contributed by atoms with Gasteiger partial charge in [0.2, 0.25) is 5.91 Å². The van der Waals surface area contributed by atoms with Crippen LogP contribution in [0.4, 0.5) is 19.0 Å². The Kier molecular flexibility index (Phi) is 8.38. The highest BCUT2D eigenvalue weighted by molar-refractivity contribution is 6.35. The number of carbonyl (C=O) groups excluding carboxylic acids is 1. The zero-order valence-electron chi connectivity index (χ0n) is 25.4. The molecule has 9 nitrogen and oxygen atoms in total. The van der Waals surface area contributed by atoms with E-state index in [0.717, 1.165) is 16.5 Å². The fourth-order valence-electron chi connectivity index (χ4n) is 6.43. The van der Waals surface area contributed by atoms with Gasteiger partial charge in [0.05, 0.1) is 29.9 Å². The smallest absolute Gasteiger partial charge is 0.319 e. The molecule has 0 aliphatic carbocycles. The van der Waals surface area contributed by atoms with Crippen LogP contribution in [0.2, 0.25) is 5.02 Å². The molecule has 0 unspecified atom stereocenters.